The maximum Gasteiger partial charge on any atom is 0.417 e. The third-order valence-electron chi connectivity index (χ3n) is 1.32. The summed E-state index contributed by atoms with van der Waals surface area (Å²) >= 11 is 16.2. The molecule has 0 aliphatic carbocycles. The van der Waals surface area contributed by atoms with E-state index in [0.29, 0.717) is 6.07 Å². The molecule has 0 saturated carbocycles. The monoisotopic (exact) mass is 248 g/mol. The molecule has 1 aromatic carbocycles. The van der Waals surface area contributed by atoms with E-state index in [4.69, 9.17) is 34.8 Å². The topological polar surface area (TPSA) is 0 Å². The minimum atomic E-state index is -4.51. The summed E-state index contributed by atoms with van der Waals surface area (Å²) in [6.45, 7) is 0. The van der Waals surface area contributed by atoms with Crippen LogP contribution in [0, 0.1) is 0 Å². The predicted octanol–water partition coefficient (Wildman–Crippen LogP) is 4.67. The summed E-state index contributed by atoms with van der Waals surface area (Å²) in [7, 11) is 0. The van der Waals surface area contributed by atoms with Crippen LogP contribution in [0.2, 0.25) is 15.1 Å². The van der Waals surface area contributed by atoms with Gasteiger partial charge in [0.2, 0.25) is 0 Å². The average Bonchev–Trinajstić information content (AvgIpc) is 1.94. The smallest absolute Gasteiger partial charge is 0.166 e. The summed E-state index contributed by atoms with van der Waals surface area (Å²) in [6.07, 6.45) is -4.51. The van der Waals surface area contributed by atoms with Gasteiger partial charge in [0.25, 0.3) is 0 Å². The van der Waals surface area contributed by atoms with Gasteiger partial charge in [0, 0.05) is 0 Å². The SMILES string of the molecule is FC(F)(F)c1cc(Cl)c(Cl)cc1Cl. The summed E-state index contributed by atoms with van der Waals surface area (Å²) in [5, 5.41) is -0.625. The number of benzene rings is 1. The lowest BCUT2D eigenvalue weighted by molar-refractivity contribution is -0.137. The van der Waals surface area contributed by atoms with E-state index in [1.54, 1.807) is 0 Å². The molecule has 0 bridgehead atoms. The van der Waals surface area contributed by atoms with Gasteiger partial charge in [-0.1, -0.05) is 34.8 Å². The van der Waals surface area contributed by atoms with Crippen molar-refractivity contribution in [3.05, 3.63) is 32.8 Å². The predicted molar refractivity (Wildman–Crippen MR) is 46.5 cm³/mol. The largest absolute Gasteiger partial charge is 0.417 e. The molecule has 0 aromatic heterocycles. The minimum Gasteiger partial charge on any atom is -0.166 e. The van der Waals surface area contributed by atoms with Crippen LogP contribution in [0.1, 0.15) is 5.56 Å². The van der Waals surface area contributed by atoms with Crippen molar-refractivity contribution in [2.45, 2.75) is 6.18 Å². The van der Waals surface area contributed by atoms with Crippen LogP contribution in [-0.2, 0) is 6.18 Å². The molecule has 1 rings (SSSR count). The Balaban J connectivity index is 3.32. The fourth-order valence-corrected chi connectivity index (χ4v) is 1.39. The number of alkyl halides is 3. The quantitative estimate of drug-likeness (QED) is 0.586. The Morgan fingerprint density at radius 3 is 1.77 bits per heavy atom. The normalized spacial score (nSPS) is 11.8. The van der Waals surface area contributed by atoms with Gasteiger partial charge in [-0.2, -0.15) is 13.2 Å². The highest BCUT2D eigenvalue weighted by molar-refractivity contribution is 6.43. The van der Waals surface area contributed by atoms with Gasteiger partial charge >= 0.3 is 6.18 Å². The second-order valence-corrected chi connectivity index (χ2v) is 3.47. The van der Waals surface area contributed by atoms with Gasteiger partial charge in [-0.15, -0.1) is 0 Å². The Hall–Kier alpha value is -0.120. The van der Waals surface area contributed by atoms with Crippen LogP contribution in [-0.4, -0.2) is 0 Å². The van der Waals surface area contributed by atoms with Gasteiger partial charge in [-0.3, -0.25) is 0 Å². The van der Waals surface area contributed by atoms with Crippen molar-refractivity contribution in [3.8, 4) is 0 Å². The van der Waals surface area contributed by atoms with E-state index >= 15 is 0 Å². The lowest BCUT2D eigenvalue weighted by Gasteiger charge is -2.09. The molecule has 0 aliphatic heterocycles. The molecule has 0 fully saturated rings. The molecule has 0 N–H and O–H groups in total. The lowest BCUT2D eigenvalue weighted by Crippen LogP contribution is -2.05. The van der Waals surface area contributed by atoms with Crippen molar-refractivity contribution >= 4 is 34.8 Å². The zero-order chi connectivity index (χ0) is 10.2. The number of hydrogen-bond donors (Lipinski definition) is 0. The van der Waals surface area contributed by atoms with Crippen LogP contribution >= 0.6 is 34.8 Å². The number of halogens is 6. The van der Waals surface area contributed by atoms with Gasteiger partial charge in [0.05, 0.1) is 20.6 Å². The first-order chi connectivity index (χ1) is 5.82. The second-order valence-electron chi connectivity index (χ2n) is 2.24. The fraction of sp³-hybridized carbons (Fsp3) is 0.143. The summed E-state index contributed by atoms with van der Waals surface area (Å²) < 4.78 is 36.5. The Morgan fingerprint density at radius 1 is 0.846 bits per heavy atom. The third kappa shape index (κ3) is 2.42. The number of hydrogen-bond acceptors (Lipinski definition) is 0. The Labute approximate surface area is 87.2 Å². The highest BCUT2D eigenvalue weighted by Gasteiger charge is 2.33. The van der Waals surface area contributed by atoms with Crippen LogP contribution in [0.3, 0.4) is 0 Å². The van der Waals surface area contributed by atoms with Crippen LogP contribution in [0.4, 0.5) is 13.2 Å². The molecule has 1 aromatic rings. The van der Waals surface area contributed by atoms with Gasteiger partial charge in [-0.05, 0) is 12.1 Å². The van der Waals surface area contributed by atoms with E-state index in [-0.39, 0.29) is 10.0 Å². The van der Waals surface area contributed by atoms with Gasteiger partial charge in [0.15, 0.2) is 0 Å². The molecular formula is C7H2Cl3F3. The van der Waals surface area contributed by atoms with Crippen LogP contribution in [0.25, 0.3) is 0 Å². The zero-order valence-corrected chi connectivity index (χ0v) is 8.19. The van der Waals surface area contributed by atoms with Crippen LogP contribution < -0.4 is 0 Å². The molecule has 13 heavy (non-hydrogen) atoms. The molecule has 0 saturated heterocycles. The van der Waals surface area contributed by atoms with E-state index in [2.05, 4.69) is 0 Å². The van der Waals surface area contributed by atoms with Gasteiger partial charge < -0.3 is 0 Å². The summed E-state index contributed by atoms with van der Waals surface area (Å²) in [6, 6.07) is 1.67. The van der Waals surface area contributed by atoms with Crippen LogP contribution in [0.5, 0.6) is 0 Å². The van der Waals surface area contributed by atoms with E-state index < -0.39 is 16.8 Å². The molecule has 72 valence electrons. The van der Waals surface area contributed by atoms with Crippen molar-refractivity contribution in [2.24, 2.45) is 0 Å². The highest BCUT2D eigenvalue weighted by atomic mass is 35.5. The minimum absolute atomic E-state index is 0.000309. The van der Waals surface area contributed by atoms with E-state index in [1.807, 2.05) is 0 Å². The van der Waals surface area contributed by atoms with Gasteiger partial charge in [-0.25, -0.2) is 0 Å². The Morgan fingerprint density at radius 2 is 1.31 bits per heavy atom. The molecular weight excluding hydrogens is 247 g/mol. The average molecular weight is 249 g/mol. The molecule has 0 radical (unpaired) electrons. The zero-order valence-electron chi connectivity index (χ0n) is 5.92. The Kier molecular flexibility index (Phi) is 3.00. The maximum atomic E-state index is 12.2. The molecule has 0 spiro atoms. The molecule has 0 amide bonds. The summed E-state index contributed by atoms with van der Waals surface area (Å²) in [5.74, 6) is 0. The first kappa shape index (κ1) is 11.0. The van der Waals surface area contributed by atoms with Crippen LogP contribution in [0.15, 0.2) is 12.1 Å². The first-order valence-electron chi connectivity index (χ1n) is 3.04. The van der Waals surface area contributed by atoms with E-state index in [1.165, 1.54) is 0 Å². The lowest BCUT2D eigenvalue weighted by atomic mass is 10.2. The summed E-state index contributed by atoms with van der Waals surface area (Å²) in [5.41, 5.74) is -0.983. The standard InChI is InChI=1S/C7H2Cl3F3/c8-4-2-6(10)5(9)1-3(4)7(11,12)13/h1-2H. The maximum absolute atomic E-state index is 12.2. The van der Waals surface area contributed by atoms with Gasteiger partial charge in [0.1, 0.15) is 0 Å². The summed E-state index contributed by atoms with van der Waals surface area (Å²) in [4.78, 5) is 0. The van der Waals surface area contributed by atoms with E-state index in [9.17, 15) is 13.2 Å². The molecule has 0 unspecified atom stereocenters. The van der Waals surface area contributed by atoms with Crippen molar-refractivity contribution in [1.82, 2.24) is 0 Å². The molecule has 0 aliphatic rings. The third-order valence-corrected chi connectivity index (χ3v) is 2.35. The number of rotatable bonds is 0. The van der Waals surface area contributed by atoms with Crippen molar-refractivity contribution in [1.29, 1.82) is 0 Å². The van der Waals surface area contributed by atoms with Crippen molar-refractivity contribution in [3.63, 3.8) is 0 Å². The Bertz CT molecular complexity index is 332. The fourth-order valence-electron chi connectivity index (χ4n) is 0.740. The van der Waals surface area contributed by atoms with Crippen molar-refractivity contribution < 1.29 is 13.2 Å². The molecule has 0 heterocycles. The van der Waals surface area contributed by atoms with E-state index in [0.717, 1.165) is 6.07 Å². The van der Waals surface area contributed by atoms with Crippen molar-refractivity contribution in [2.75, 3.05) is 0 Å². The molecule has 6 heteroatoms. The second kappa shape index (κ2) is 3.56. The first-order valence-corrected chi connectivity index (χ1v) is 4.17. The highest BCUT2D eigenvalue weighted by Crippen LogP contribution is 2.38. The molecule has 0 nitrogen and oxygen atoms in total. The molecule has 0 atom stereocenters.